The molecule has 0 spiro atoms. The van der Waals surface area contributed by atoms with Gasteiger partial charge in [0.15, 0.2) is 0 Å². The molecule has 0 unspecified atom stereocenters. The van der Waals surface area contributed by atoms with Gasteiger partial charge in [-0.1, -0.05) is 0 Å². The molecule has 1 saturated carbocycles. The number of piperazine rings is 1. The first kappa shape index (κ1) is 20.2. The van der Waals surface area contributed by atoms with Crippen LogP contribution in [-0.2, 0) is 17.4 Å². The second kappa shape index (κ2) is 7.43. The van der Waals surface area contributed by atoms with Gasteiger partial charge in [0.2, 0.25) is 5.91 Å². The highest BCUT2D eigenvalue weighted by molar-refractivity contribution is 5.83. The fourth-order valence-corrected chi connectivity index (χ4v) is 4.72. The van der Waals surface area contributed by atoms with Crippen molar-refractivity contribution in [1.29, 1.82) is 0 Å². The number of nitrogens with one attached hydrogen (secondary N) is 1. The van der Waals surface area contributed by atoms with Crippen LogP contribution in [0.3, 0.4) is 0 Å². The normalized spacial score (nSPS) is 23.2. The highest BCUT2D eigenvalue weighted by Crippen LogP contribution is 2.40. The molecule has 164 valence electrons. The summed E-state index contributed by atoms with van der Waals surface area (Å²) in [5, 5.41) is 3.04. The van der Waals surface area contributed by atoms with Crippen LogP contribution in [0.25, 0.3) is 0 Å². The van der Waals surface area contributed by atoms with Crippen LogP contribution in [0, 0.1) is 11.7 Å². The summed E-state index contributed by atoms with van der Waals surface area (Å²) in [6.07, 6.45) is -2.25. The van der Waals surface area contributed by atoms with Crippen LogP contribution in [0.1, 0.15) is 24.0 Å². The first-order valence-corrected chi connectivity index (χ1v) is 10.6. The second-order valence-electron chi connectivity index (χ2n) is 8.62. The molecule has 2 aromatic rings. The van der Waals surface area contributed by atoms with Crippen LogP contribution >= 0.6 is 0 Å². The molecule has 2 heterocycles. The zero-order chi connectivity index (χ0) is 21.8. The van der Waals surface area contributed by atoms with E-state index >= 15 is 0 Å². The largest absolute Gasteiger partial charge is 0.416 e. The highest BCUT2D eigenvalue weighted by Gasteiger charge is 2.43. The number of alkyl halides is 3. The van der Waals surface area contributed by atoms with Crippen molar-refractivity contribution in [3.8, 4) is 0 Å². The predicted molar refractivity (Wildman–Crippen MR) is 110 cm³/mol. The van der Waals surface area contributed by atoms with Gasteiger partial charge in [0.05, 0.1) is 17.5 Å². The number of rotatable bonds is 3. The number of anilines is 2. The highest BCUT2D eigenvalue weighted by atomic mass is 19.4. The summed E-state index contributed by atoms with van der Waals surface area (Å²) in [4.78, 5) is 17.3. The van der Waals surface area contributed by atoms with E-state index in [1.165, 1.54) is 24.3 Å². The SMILES string of the molecule is O=C(NC1CC1)[C@H]1Cc2cc(C(F)(F)F)ccc2N2CCN(c3ccc(F)cc3)C[C@@H]12. The maximum atomic E-state index is 13.3. The molecule has 31 heavy (non-hydrogen) atoms. The zero-order valence-electron chi connectivity index (χ0n) is 16.8. The summed E-state index contributed by atoms with van der Waals surface area (Å²) in [6, 6.07) is 10.1. The number of hydrogen-bond acceptors (Lipinski definition) is 3. The Labute approximate surface area is 177 Å². The van der Waals surface area contributed by atoms with Gasteiger partial charge in [-0.15, -0.1) is 0 Å². The van der Waals surface area contributed by atoms with Gasteiger partial charge in [-0.25, -0.2) is 4.39 Å². The summed E-state index contributed by atoms with van der Waals surface area (Å²) in [5.41, 5.74) is 1.53. The van der Waals surface area contributed by atoms with E-state index in [9.17, 15) is 22.4 Å². The van der Waals surface area contributed by atoms with Crippen molar-refractivity contribution in [2.45, 2.75) is 37.5 Å². The van der Waals surface area contributed by atoms with Crippen LogP contribution in [0.2, 0.25) is 0 Å². The van der Waals surface area contributed by atoms with E-state index in [2.05, 4.69) is 15.1 Å². The molecule has 2 aliphatic heterocycles. The monoisotopic (exact) mass is 433 g/mol. The number of halogens is 4. The van der Waals surface area contributed by atoms with Gasteiger partial charge in [-0.05, 0) is 67.3 Å². The molecule has 0 aromatic heterocycles. The molecule has 0 radical (unpaired) electrons. The first-order valence-electron chi connectivity index (χ1n) is 10.6. The lowest BCUT2D eigenvalue weighted by atomic mass is 9.82. The fourth-order valence-electron chi connectivity index (χ4n) is 4.72. The molecule has 4 nitrogen and oxygen atoms in total. The summed E-state index contributed by atoms with van der Waals surface area (Å²) < 4.78 is 53.1. The van der Waals surface area contributed by atoms with Gasteiger partial charge in [0.1, 0.15) is 5.82 Å². The van der Waals surface area contributed by atoms with Gasteiger partial charge in [0.25, 0.3) is 0 Å². The van der Waals surface area contributed by atoms with E-state index in [1.54, 1.807) is 12.1 Å². The van der Waals surface area contributed by atoms with Crippen molar-refractivity contribution >= 4 is 17.3 Å². The van der Waals surface area contributed by atoms with Gasteiger partial charge in [-0.2, -0.15) is 13.2 Å². The lowest BCUT2D eigenvalue weighted by molar-refractivity contribution is -0.137. The van der Waals surface area contributed by atoms with E-state index in [-0.39, 0.29) is 30.2 Å². The smallest absolute Gasteiger partial charge is 0.368 e. The van der Waals surface area contributed by atoms with E-state index in [0.29, 0.717) is 25.2 Å². The minimum absolute atomic E-state index is 0.0958. The predicted octanol–water partition coefficient (Wildman–Crippen LogP) is 3.99. The summed E-state index contributed by atoms with van der Waals surface area (Å²) >= 11 is 0. The Morgan fingerprint density at radius 3 is 2.45 bits per heavy atom. The third-order valence-corrected chi connectivity index (χ3v) is 6.49. The lowest BCUT2D eigenvalue weighted by Gasteiger charge is -2.49. The first-order chi connectivity index (χ1) is 14.8. The van der Waals surface area contributed by atoms with E-state index in [1.807, 2.05) is 0 Å². The molecule has 1 N–H and O–H groups in total. The van der Waals surface area contributed by atoms with Crippen LogP contribution in [-0.4, -0.2) is 37.6 Å². The maximum absolute atomic E-state index is 13.3. The Morgan fingerprint density at radius 2 is 1.77 bits per heavy atom. The molecule has 0 bridgehead atoms. The molecule has 1 aliphatic carbocycles. The van der Waals surface area contributed by atoms with E-state index < -0.39 is 17.7 Å². The average molecular weight is 433 g/mol. The number of benzene rings is 2. The van der Waals surface area contributed by atoms with Crippen LogP contribution < -0.4 is 15.1 Å². The maximum Gasteiger partial charge on any atom is 0.416 e. The van der Waals surface area contributed by atoms with Gasteiger partial charge in [-0.3, -0.25) is 4.79 Å². The number of nitrogens with zero attached hydrogens (tertiary/aromatic N) is 2. The number of carbonyl (C=O) groups excluding carboxylic acids is 1. The average Bonchev–Trinajstić information content (AvgIpc) is 3.56. The molecule has 1 saturated heterocycles. The number of carbonyl (C=O) groups is 1. The second-order valence-corrected chi connectivity index (χ2v) is 8.62. The summed E-state index contributed by atoms with van der Waals surface area (Å²) in [7, 11) is 0. The number of fused-ring (bicyclic) bond motifs is 3. The zero-order valence-corrected chi connectivity index (χ0v) is 16.8. The third kappa shape index (κ3) is 3.95. The summed E-state index contributed by atoms with van der Waals surface area (Å²) in [5.74, 6) is -0.850. The quantitative estimate of drug-likeness (QED) is 0.744. The standard InChI is InChI=1S/C23H23F4N3O/c24-16-2-6-18(7-3-16)29-9-10-30-20-8-1-15(23(25,26)27)11-14(20)12-19(21(30)13-29)22(31)28-17-4-5-17/h1-3,6-8,11,17,19,21H,4-5,9-10,12-13H2,(H,28,31)/t19-,21-/m0/s1. The van der Waals surface area contributed by atoms with Crippen molar-refractivity contribution in [2.24, 2.45) is 5.92 Å². The van der Waals surface area contributed by atoms with Crippen molar-refractivity contribution in [2.75, 3.05) is 29.4 Å². The Bertz CT molecular complexity index is 987. The van der Waals surface area contributed by atoms with E-state index in [4.69, 9.17) is 0 Å². The third-order valence-electron chi connectivity index (χ3n) is 6.49. The van der Waals surface area contributed by atoms with Gasteiger partial charge >= 0.3 is 6.18 Å². The van der Waals surface area contributed by atoms with Gasteiger partial charge in [0, 0.05) is 37.1 Å². The molecule has 2 fully saturated rings. The van der Waals surface area contributed by atoms with Crippen molar-refractivity contribution in [1.82, 2.24) is 5.32 Å². The minimum Gasteiger partial charge on any atom is -0.368 e. The Kier molecular flexibility index (Phi) is 4.83. The number of hydrogen-bond donors (Lipinski definition) is 1. The van der Waals surface area contributed by atoms with Crippen LogP contribution in [0.15, 0.2) is 42.5 Å². The Balaban J connectivity index is 1.47. The van der Waals surface area contributed by atoms with Gasteiger partial charge < -0.3 is 15.1 Å². The molecular weight excluding hydrogens is 410 g/mol. The Morgan fingerprint density at radius 1 is 1.03 bits per heavy atom. The molecule has 2 aromatic carbocycles. The van der Waals surface area contributed by atoms with Crippen molar-refractivity contribution in [3.63, 3.8) is 0 Å². The molecule has 8 heteroatoms. The topological polar surface area (TPSA) is 35.6 Å². The van der Waals surface area contributed by atoms with Crippen LogP contribution in [0.5, 0.6) is 0 Å². The summed E-state index contributed by atoms with van der Waals surface area (Å²) in [6.45, 7) is 1.77. The fraction of sp³-hybridized carbons (Fsp3) is 0.435. The number of amides is 1. The van der Waals surface area contributed by atoms with E-state index in [0.717, 1.165) is 30.3 Å². The lowest BCUT2D eigenvalue weighted by Crippen LogP contribution is -2.61. The van der Waals surface area contributed by atoms with Crippen molar-refractivity contribution in [3.05, 3.63) is 59.4 Å². The minimum atomic E-state index is -4.42. The molecule has 3 aliphatic rings. The van der Waals surface area contributed by atoms with Crippen molar-refractivity contribution < 1.29 is 22.4 Å². The molecule has 1 amide bonds. The molecular formula is C23H23F4N3O. The Hall–Kier alpha value is -2.77. The molecule has 5 rings (SSSR count). The van der Waals surface area contributed by atoms with Crippen LogP contribution in [0.4, 0.5) is 28.9 Å². The molecule has 2 atom stereocenters.